The summed E-state index contributed by atoms with van der Waals surface area (Å²) >= 11 is 3.52. The van der Waals surface area contributed by atoms with Crippen molar-refractivity contribution in [2.75, 3.05) is 6.61 Å². The van der Waals surface area contributed by atoms with Crippen molar-refractivity contribution in [3.05, 3.63) is 33.9 Å². The molecule has 0 saturated heterocycles. The van der Waals surface area contributed by atoms with Gasteiger partial charge in [-0.1, -0.05) is 15.9 Å². The molecule has 0 aliphatic heterocycles. The Balaban J connectivity index is 2.61. The van der Waals surface area contributed by atoms with Crippen LogP contribution >= 0.6 is 15.9 Å². The van der Waals surface area contributed by atoms with Crippen LogP contribution in [-0.2, 0) is 4.79 Å². The molecule has 0 unspecified atom stereocenters. The Bertz CT molecular complexity index is 623. The van der Waals surface area contributed by atoms with Crippen molar-refractivity contribution in [2.24, 2.45) is 0 Å². The lowest BCUT2D eigenvalue weighted by molar-refractivity contribution is -0.118. The number of fused-ring (bicyclic) bond motifs is 1. The molecule has 0 atom stereocenters. The number of hydrogen-bond donors (Lipinski definition) is 0. The van der Waals surface area contributed by atoms with Crippen LogP contribution in [0.25, 0.3) is 10.9 Å². The molecule has 0 saturated carbocycles. The summed E-state index contributed by atoms with van der Waals surface area (Å²) in [5, 5.41) is 1.03. The summed E-state index contributed by atoms with van der Waals surface area (Å²) < 4.78 is 6.50. The number of carbonyl (C=O) groups is 1. The van der Waals surface area contributed by atoms with Gasteiger partial charge < -0.3 is 4.74 Å². The molecule has 3 nitrogen and oxygen atoms in total. The molecular weight excluding hydrogens is 294 g/mol. The van der Waals surface area contributed by atoms with Gasteiger partial charge >= 0.3 is 0 Å². The summed E-state index contributed by atoms with van der Waals surface area (Å²) in [7, 11) is 0. The average Bonchev–Trinajstić information content (AvgIpc) is 2.26. The molecule has 4 heteroatoms. The SMILES string of the molecule is CC(=O)COc1ccc(Br)c2c(C)cc(C)nc12. The summed E-state index contributed by atoms with van der Waals surface area (Å²) in [6, 6.07) is 5.78. The second-order valence-corrected chi connectivity index (χ2v) is 5.19. The van der Waals surface area contributed by atoms with Crippen LogP contribution in [0.1, 0.15) is 18.2 Å². The minimum absolute atomic E-state index is 0.00422. The van der Waals surface area contributed by atoms with Crippen LogP contribution in [0.15, 0.2) is 22.7 Å². The Morgan fingerprint density at radius 2 is 2.11 bits per heavy atom. The number of aromatic nitrogens is 1. The van der Waals surface area contributed by atoms with E-state index in [2.05, 4.69) is 20.9 Å². The molecule has 94 valence electrons. The highest BCUT2D eigenvalue weighted by molar-refractivity contribution is 9.10. The third-order valence-corrected chi connectivity index (χ3v) is 3.29. The molecule has 0 amide bonds. The van der Waals surface area contributed by atoms with E-state index >= 15 is 0 Å². The molecule has 1 aromatic heterocycles. The summed E-state index contributed by atoms with van der Waals surface area (Å²) in [5.41, 5.74) is 2.87. The van der Waals surface area contributed by atoms with Crippen molar-refractivity contribution in [1.82, 2.24) is 4.98 Å². The Morgan fingerprint density at radius 1 is 1.39 bits per heavy atom. The van der Waals surface area contributed by atoms with Gasteiger partial charge in [0, 0.05) is 15.6 Å². The van der Waals surface area contributed by atoms with E-state index in [1.807, 2.05) is 32.0 Å². The highest BCUT2D eigenvalue weighted by atomic mass is 79.9. The molecule has 1 aromatic carbocycles. The van der Waals surface area contributed by atoms with Gasteiger partial charge in [0.25, 0.3) is 0 Å². The summed E-state index contributed by atoms with van der Waals surface area (Å²) in [6.07, 6.45) is 0. The number of nitrogens with zero attached hydrogens (tertiary/aromatic N) is 1. The molecule has 0 aliphatic carbocycles. The minimum Gasteiger partial charge on any atom is -0.484 e. The first-order valence-corrected chi connectivity index (χ1v) is 6.47. The van der Waals surface area contributed by atoms with Crippen LogP contribution in [0, 0.1) is 13.8 Å². The van der Waals surface area contributed by atoms with Gasteiger partial charge in [-0.25, -0.2) is 4.98 Å². The van der Waals surface area contributed by atoms with Gasteiger partial charge in [-0.15, -0.1) is 0 Å². The average molecular weight is 308 g/mol. The number of rotatable bonds is 3. The molecule has 0 aliphatic rings. The normalized spacial score (nSPS) is 10.7. The highest BCUT2D eigenvalue weighted by Crippen LogP contribution is 2.32. The number of Topliss-reactive ketones (excluding diaryl/α,β-unsaturated/α-hetero) is 1. The Hall–Kier alpha value is -1.42. The third kappa shape index (κ3) is 2.53. The smallest absolute Gasteiger partial charge is 0.167 e. The number of ketones is 1. The fourth-order valence-electron chi connectivity index (χ4n) is 1.92. The first-order valence-electron chi connectivity index (χ1n) is 5.67. The summed E-state index contributed by atoms with van der Waals surface area (Å²) in [5.74, 6) is 0.644. The lowest BCUT2D eigenvalue weighted by atomic mass is 10.1. The summed E-state index contributed by atoms with van der Waals surface area (Å²) in [6.45, 7) is 5.56. The van der Waals surface area contributed by atoms with Crippen LogP contribution in [0.2, 0.25) is 0 Å². The van der Waals surface area contributed by atoms with Crippen LogP contribution in [-0.4, -0.2) is 17.4 Å². The van der Waals surface area contributed by atoms with E-state index in [9.17, 15) is 4.79 Å². The van der Waals surface area contributed by atoms with Crippen LogP contribution < -0.4 is 4.74 Å². The van der Waals surface area contributed by atoms with Crippen molar-refractivity contribution >= 4 is 32.6 Å². The number of ether oxygens (including phenoxy) is 1. The standard InChI is InChI=1S/C14H14BrNO2/c1-8-6-9(2)16-14-12(18-7-10(3)17)5-4-11(15)13(8)14/h4-6H,7H2,1-3H3. The van der Waals surface area contributed by atoms with Gasteiger partial charge in [-0.2, -0.15) is 0 Å². The van der Waals surface area contributed by atoms with Gasteiger partial charge in [0.2, 0.25) is 0 Å². The molecule has 0 spiro atoms. The predicted octanol–water partition coefficient (Wildman–Crippen LogP) is 3.58. The minimum atomic E-state index is -0.00422. The fourth-order valence-corrected chi connectivity index (χ4v) is 2.56. The number of benzene rings is 1. The topological polar surface area (TPSA) is 39.2 Å². The first kappa shape index (κ1) is 13.0. The lowest BCUT2D eigenvalue weighted by Crippen LogP contribution is -2.07. The maximum Gasteiger partial charge on any atom is 0.167 e. The molecule has 0 bridgehead atoms. The number of pyridine rings is 1. The van der Waals surface area contributed by atoms with Crippen molar-refractivity contribution in [1.29, 1.82) is 0 Å². The monoisotopic (exact) mass is 307 g/mol. The number of aryl methyl sites for hydroxylation is 2. The zero-order valence-electron chi connectivity index (χ0n) is 10.6. The van der Waals surface area contributed by atoms with Crippen molar-refractivity contribution < 1.29 is 9.53 Å². The second-order valence-electron chi connectivity index (χ2n) is 4.34. The Morgan fingerprint density at radius 3 is 2.78 bits per heavy atom. The molecule has 18 heavy (non-hydrogen) atoms. The maximum atomic E-state index is 11.0. The van der Waals surface area contributed by atoms with Crippen LogP contribution in [0.3, 0.4) is 0 Å². The third-order valence-electron chi connectivity index (χ3n) is 2.63. The van der Waals surface area contributed by atoms with E-state index in [4.69, 9.17) is 4.74 Å². The fraction of sp³-hybridized carbons (Fsp3) is 0.286. The van der Waals surface area contributed by atoms with Gasteiger partial charge in [-0.05, 0) is 44.5 Å². The van der Waals surface area contributed by atoms with E-state index in [0.29, 0.717) is 5.75 Å². The quantitative estimate of drug-likeness (QED) is 0.870. The zero-order chi connectivity index (χ0) is 13.3. The molecular formula is C14H14BrNO2. The Labute approximate surface area is 114 Å². The summed E-state index contributed by atoms with van der Waals surface area (Å²) in [4.78, 5) is 15.5. The molecule has 0 fully saturated rings. The highest BCUT2D eigenvalue weighted by Gasteiger charge is 2.10. The maximum absolute atomic E-state index is 11.0. The predicted molar refractivity (Wildman–Crippen MR) is 75.1 cm³/mol. The molecule has 1 heterocycles. The van der Waals surface area contributed by atoms with Gasteiger partial charge in [-0.3, -0.25) is 4.79 Å². The van der Waals surface area contributed by atoms with Crippen molar-refractivity contribution in [3.8, 4) is 5.75 Å². The lowest BCUT2D eigenvalue weighted by Gasteiger charge is -2.11. The zero-order valence-corrected chi connectivity index (χ0v) is 12.2. The molecule has 0 radical (unpaired) electrons. The van der Waals surface area contributed by atoms with E-state index in [-0.39, 0.29) is 12.4 Å². The largest absolute Gasteiger partial charge is 0.484 e. The van der Waals surface area contributed by atoms with E-state index in [1.165, 1.54) is 6.92 Å². The Kier molecular flexibility index (Phi) is 3.66. The first-order chi connectivity index (χ1) is 8.49. The van der Waals surface area contributed by atoms with Crippen LogP contribution in [0.4, 0.5) is 0 Å². The van der Waals surface area contributed by atoms with Crippen molar-refractivity contribution in [2.45, 2.75) is 20.8 Å². The molecule has 2 aromatic rings. The number of hydrogen-bond acceptors (Lipinski definition) is 3. The van der Waals surface area contributed by atoms with Crippen LogP contribution in [0.5, 0.6) is 5.75 Å². The van der Waals surface area contributed by atoms with E-state index in [0.717, 1.165) is 26.6 Å². The van der Waals surface area contributed by atoms with Gasteiger partial charge in [0.05, 0.1) is 0 Å². The molecule has 0 N–H and O–H groups in total. The second kappa shape index (κ2) is 5.06. The van der Waals surface area contributed by atoms with E-state index < -0.39 is 0 Å². The van der Waals surface area contributed by atoms with Gasteiger partial charge in [0.15, 0.2) is 5.78 Å². The number of halogens is 1. The van der Waals surface area contributed by atoms with Gasteiger partial charge in [0.1, 0.15) is 17.9 Å². The number of carbonyl (C=O) groups excluding carboxylic acids is 1. The van der Waals surface area contributed by atoms with Crippen molar-refractivity contribution in [3.63, 3.8) is 0 Å². The molecule has 2 rings (SSSR count). The van der Waals surface area contributed by atoms with E-state index in [1.54, 1.807) is 0 Å².